The predicted octanol–water partition coefficient (Wildman–Crippen LogP) is 2.76. The van der Waals surface area contributed by atoms with Gasteiger partial charge in [0, 0.05) is 5.54 Å². The molecule has 1 aliphatic carbocycles. The van der Waals surface area contributed by atoms with Crippen molar-refractivity contribution in [1.82, 2.24) is 5.32 Å². The molecule has 2 rings (SSSR count). The maximum atomic E-state index is 11.8. The molecule has 17 heavy (non-hydrogen) atoms. The molecule has 0 spiro atoms. The monoisotopic (exact) mass is 297 g/mol. The van der Waals surface area contributed by atoms with Gasteiger partial charge in [-0.25, -0.2) is 0 Å². The molecule has 2 N–H and O–H groups in total. The van der Waals surface area contributed by atoms with Gasteiger partial charge < -0.3 is 10.4 Å². The van der Waals surface area contributed by atoms with Gasteiger partial charge in [0.05, 0.1) is 10.9 Å². The number of carbonyl (C=O) groups excluding carboxylic acids is 1. The van der Waals surface area contributed by atoms with Crippen LogP contribution in [0.5, 0.6) is 5.75 Å². The van der Waals surface area contributed by atoms with Crippen LogP contribution in [0.15, 0.2) is 22.7 Å². The average Bonchev–Trinajstić information content (AvgIpc) is 2.21. The van der Waals surface area contributed by atoms with E-state index in [0.717, 1.165) is 18.4 Å². The molecule has 0 saturated heterocycles. The summed E-state index contributed by atoms with van der Waals surface area (Å²) < 4.78 is 0.623. The molecule has 1 aromatic rings. The minimum absolute atomic E-state index is 0.00519. The molecule has 1 fully saturated rings. The van der Waals surface area contributed by atoms with Crippen LogP contribution in [0.25, 0.3) is 0 Å². The summed E-state index contributed by atoms with van der Waals surface area (Å²) in [7, 11) is 0. The van der Waals surface area contributed by atoms with Crippen LogP contribution in [0.4, 0.5) is 0 Å². The molecule has 4 heteroatoms. The molecule has 0 unspecified atom stereocenters. The van der Waals surface area contributed by atoms with Crippen LogP contribution in [0, 0.1) is 0 Å². The summed E-state index contributed by atoms with van der Waals surface area (Å²) in [5.41, 5.74) is 0.903. The van der Waals surface area contributed by atoms with E-state index >= 15 is 0 Å². The van der Waals surface area contributed by atoms with Gasteiger partial charge in [-0.05, 0) is 59.8 Å². The summed E-state index contributed by atoms with van der Waals surface area (Å²) in [5.74, 6) is 0.241. The summed E-state index contributed by atoms with van der Waals surface area (Å²) in [4.78, 5) is 11.8. The van der Waals surface area contributed by atoms with E-state index in [-0.39, 0.29) is 17.2 Å². The lowest BCUT2D eigenvalue weighted by atomic mass is 9.78. The molecular formula is C13H16BrNO2. The standard InChI is InChI=1S/C13H16BrNO2/c1-13(5-2-6-13)15-12(17)8-9-3-4-11(16)10(14)7-9/h3-4,7,16H,2,5-6,8H2,1H3,(H,15,17). The van der Waals surface area contributed by atoms with Gasteiger partial charge in [0.2, 0.25) is 5.91 Å². The minimum atomic E-state index is 0.00519. The van der Waals surface area contributed by atoms with Crippen molar-refractivity contribution in [3.8, 4) is 5.75 Å². The first-order valence-corrected chi connectivity index (χ1v) is 6.56. The van der Waals surface area contributed by atoms with Gasteiger partial charge in [-0.1, -0.05) is 6.07 Å². The summed E-state index contributed by atoms with van der Waals surface area (Å²) in [5, 5.41) is 12.4. The number of aromatic hydroxyl groups is 1. The molecule has 0 bridgehead atoms. The Labute approximate surface area is 109 Å². The zero-order chi connectivity index (χ0) is 12.5. The van der Waals surface area contributed by atoms with E-state index in [0.29, 0.717) is 10.9 Å². The van der Waals surface area contributed by atoms with Gasteiger partial charge >= 0.3 is 0 Å². The highest BCUT2D eigenvalue weighted by Crippen LogP contribution is 2.31. The van der Waals surface area contributed by atoms with Crippen LogP contribution >= 0.6 is 15.9 Å². The number of benzene rings is 1. The number of nitrogens with one attached hydrogen (secondary N) is 1. The van der Waals surface area contributed by atoms with E-state index in [9.17, 15) is 9.90 Å². The van der Waals surface area contributed by atoms with Crippen LogP contribution in [0.2, 0.25) is 0 Å². The third-order valence-electron chi connectivity index (χ3n) is 3.28. The van der Waals surface area contributed by atoms with Crippen molar-refractivity contribution in [2.24, 2.45) is 0 Å². The normalized spacial score (nSPS) is 17.3. The molecule has 0 aromatic heterocycles. The number of carbonyl (C=O) groups is 1. The largest absolute Gasteiger partial charge is 0.507 e. The van der Waals surface area contributed by atoms with Gasteiger partial charge in [-0.3, -0.25) is 4.79 Å². The maximum Gasteiger partial charge on any atom is 0.224 e. The Kier molecular flexibility index (Phi) is 3.43. The molecule has 0 heterocycles. The van der Waals surface area contributed by atoms with Crippen LogP contribution < -0.4 is 5.32 Å². The maximum absolute atomic E-state index is 11.8. The molecule has 0 aliphatic heterocycles. The predicted molar refractivity (Wildman–Crippen MR) is 69.9 cm³/mol. The Morgan fingerprint density at radius 2 is 2.24 bits per heavy atom. The first kappa shape index (κ1) is 12.4. The highest BCUT2D eigenvalue weighted by Gasteiger charge is 2.32. The molecule has 1 aliphatic rings. The Balaban J connectivity index is 1.95. The molecule has 1 saturated carbocycles. The van der Waals surface area contributed by atoms with Crippen LogP contribution in [0.3, 0.4) is 0 Å². The first-order chi connectivity index (χ1) is 7.98. The highest BCUT2D eigenvalue weighted by atomic mass is 79.9. The van der Waals surface area contributed by atoms with Gasteiger partial charge in [0.1, 0.15) is 5.75 Å². The highest BCUT2D eigenvalue weighted by molar-refractivity contribution is 9.10. The van der Waals surface area contributed by atoms with E-state index in [1.807, 2.05) is 0 Å². The Morgan fingerprint density at radius 3 is 2.76 bits per heavy atom. The summed E-state index contributed by atoms with van der Waals surface area (Å²) in [6.45, 7) is 2.08. The number of hydrogen-bond donors (Lipinski definition) is 2. The third-order valence-corrected chi connectivity index (χ3v) is 3.91. The van der Waals surface area contributed by atoms with E-state index in [2.05, 4.69) is 28.2 Å². The second-order valence-electron chi connectivity index (χ2n) is 4.92. The number of amides is 1. The van der Waals surface area contributed by atoms with E-state index in [1.54, 1.807) is 18.2 Å². The van der Waals surface area contributed by atoms with Gasteiger partial charge in [-0.2, -0.15) is 0 Å². The van der Waals surface area contributed by atoms with E-state index in [1.165, 1.54) is 6.42 Å². The molecule has 1 aromatic carbocycles. The zero-order valence-corrected chi connectivity index (χ0v) is 11.4. The van der Waals surface area contributed by atoms with Gasteiger partial charge in [-0.15, -0.1) is 0 Å². The minimum Gasteiger partial charge on any atom is -0.507 e. The average molecular weight is 298 g/mol. The lowest BCUT2D eigenvalue weighted by Gasteiger charge is -2.39. The van der Waals surface area contributed by atoms with E-state index in [4.69, 9.17) is 0 Å². The Morgan fingerprint density at radius 1 is 1.53 bits per heavy atom. The lowest BCUT2D eigenvalue weighted by molar-refractivity contribution is -0.123. The van der Waals surface area contributed by atoms with Crippen molar-refractivity contribution in [3.63, 3.8) is 0 Å². The summed E-state index contributed by atoms with van der Waals surface area (Å²) >= 11 is 3.24. The third kappa shape index (κ3) is 3.00. The van der Waals surface area contributed by atoms with Crippen LogP contribution in [0.1, 0.15) is 31.7 Å². The number of phenolic OH excluding ortho intramolecular Hbond substituents is 1. The van der Waals surface area contributed by atoms with Crippen molar-refractivity contribution in [2.45, 2.75) is 38.1 Å². The number of hydrogen-bond acceptors (Lipinski definition) is 2. The van der Waals surface area contributed by atoms with Crippen molar-refractivity contribution in [3.05, 3.63) is 28.2 Å². The Hall–Kier alpha value is -1.03. The number of rotatable bonds is 3. The first-order valence-electron chi connectivity index (χ1n) is 5.77. The van der Waals surface area contributed by atoms with Crippen molar-refractivity contribution in [2.75, 3.05) is 0 Å². The Bertz CT molecular complexity index is 441. The lowest BCUT2D eigenvalue weighted by Crippen LogP contribution is -2.51. The van der Waals surface area contributed by atoms with Crippen LogP contribution in [-0.2, 0) is 11.2 Å². The molecule has 0 atom stereocenters. The molecule has 3 nitrogen and oxygen atoms in total. The van der Waals surface area contributed by atoms with Crippen LogP contribution in [-0.4, -0.2) is 16.6 Å². The number of phenols is 1. The smallest absolute Gasteiger partial charge is 0.224 e. The van der Waals surface area contributed by atoms with Gasteiger partial charge in [0.15, 0.2) is 0 Å². The SMILES string of the molecule is CC1(NC(=O)Cc2ccc(O)c(Br)c2)CCC1. The molecule has 92 valence electrons. The van der Waals surface area contributed by atoms with Crippen molar-refractivity contribution in [1.29, 1.82) is 0 Å². The fraction of sp³-hybridized carbons (Fsp3) is 0.462. The quantitative estimate of drug-likeness (QED) is 0.901. The fourth-order valence-electron chi connectivity index (χ4n) is 2.06. The second-order valence-corrected chi connectivity index (χ2v) is 5.78. The zero-order valence-electron chi connectivity index (χ0n) is 9.79. The molecule has 1 amide bonds. The van der Waals surface area contributed by atoms with Gasteiger partial charge in [0.25, 0.3) is 0 Å². The fourth-order valence-corrected chi connectivity index (χ4v) is 2.48. The summed E-state index contributed by atoms with van der Waals surface area (Å²) in [6.07, 6.45) is 3.69. The molecular weight excluding hydrogens is 282 g/mol. The topological polar surface area (TPSA) is 49.3 Å². The second kappa shape index (κ2) is 4.69. The van der Waals surface area contributed by atoms with E-state index < -0.39 is 0 Å². The summed E-state index contributed by atoms with van der Waals surface area (Å²) in [6, 6.07) is 5.14. The van der Waals surface area contributed by atoms with Crippen molar-refractivity contribution < 1.29 is 9.90 Å². The number of halogens is 1. The van der Waals surface area contributed by atoms with Crippen molar-refractivity contribution >= 4 is 21.8 Å². The molecule has 0 radical (unpaired) electrons.